The molecule has 4 nitrogen and oxygen atoms in total. The average molecular weight is 223 g/mol. The molecule has 0 bridgehead atoms. The van der Waals surface area contributed by atoms with Crippen LogP contribution >= 0.6 is 0 Å². The van der Waals surface area contributed by atoms with Gasteiger partial charge in [0.05, 0.1) is 17.9 Å². The number of carbonyl (C=O) groups is 1. The monoisotopic (exact) mass is 223 g/mol. The summed E-state index contributed by atoms with van der Waals surface area (Å²) in [6.07, 6.45) is 0. The number of nitrogens with zero attached hydrogens (tertiary/aromatic N) is 1. The molecule has 0 radical (unpaired) electrons. The molecule has 4 heteroatoms. The summed E-state index contributed by atoms with van der Waals surface area (Å²) in [5.74, 6) is -0.935. The van der Waals surface area contributed by atoms with Gasteiger partial charge in [-0.1, -0.05) is 11.6 Å². The molecule has 0 unspecified atom stereocenters. The van der Waals surface area contributed by atoms with Gasteiger partial charge < -0.3 is 15.1 Å². The van der Waals surface area contributed by atoms with Crippen molar-refractivity contribution in [2.24, 2.45) is 0 Å². The highest BCUT2D eigenvalue weighted by molar-refractivity contribution is 5.94. The maximum Gasteiger partial charge on any atom is 0.337 e. The minimum Gasteiger partial charge on any atom is -0.478 e. The number of aliphatic hydroxyl groups excluding tert-OH is 1. The topological polar surface area (TPSA) is 60.8 Å². The number of aliphatic hydroxyl groups is 1. The van der Waals surface area contributed by atoms with Crippen molar-refractivity contribution in [3.8, 4) is 0 Å². The van der Waals surface area contributed by atoms with Crippen molar-refractivity contribution in [2.45, 2.75) is 13.8 Å². The molecule has 0 aliphatic heterocycles. The van der Waals surface area contributed by atoms with Crippen LogP contribution in [0.1, 0.15) is 22.8 Å². The van der Waals surface area contributed by atoms with Crippen molar-refractivity contribution in [3.05, 3.63) is 29.3 Å². The molecule has 88 valence electrons. The van der Waals surface area contributed by atoms with Gasteiger partial charge in [0, 0.05) is 13.1 Å². The van der Waals surface area contributed by atoms with E-state index in [9.17, 15) is 4.79 Å². The molecule has 0 fully saturated rings. The van der Waals surface area contributed by atoms with E-state index in [-0.39, 0.29) is 12.2 Å². The zero-order valence-corrected chi connectivity index (χ0v) is 9.60. The molecule has 0 aliphatic carbocycles. The first-order valence-corrected chi connectivity index (χ1v) is 5.30. The Morgan fingerprint density at radius 1 is 1.44 bits per heavy atom. The van der Waals surface area contributed by atoms with Gasteiger partial charge in [-0.25, -0.2) is 4.79 Å². The number of benzene rings is 1. The lowest BCUT2D eigenvalue weighted by Gasteiger charge is -2.23. The lowest BCUT2D eigenvalue weighted by molar-refractivity contribution is 0.0697. The molecule has 0 atom stereocenters. The molecule has 0 spiro atoms. The zero-order valence-electron chi connectivity index (χ0n) is 9.60. The molecule has 0 saturated carbocycles. The number of carboxylic acids is 1. The molecule has 16 heavy (non-hydrogen) atoms. The lowest BCUT2D eigenvalue weighted by Crippen LogP contribution is -2.27. The van der Waals surface area contributed by atoms with Crippen LogP contribution < -0.4 is 4.90 Å². The van der Waals surface area contributed by atoms with Crippen molar-refractivity contribution in [1.82, 2.24) is 0 Å². The second kappa shape index (κ2) is 5.51. The minimum absolute atomic E-state index is 0.0147. The molecule has 1 aromatic rings. The second-order valence-corrected chi connectivity index (χ2v) is 3.63. The van der Waals surface area contributed by atoms with E-state index in [0.717, 1.165) is 5.56 Å². The summed E-state index contributed by atoms with van der Waals surface area (Å²) in [6.45, 7) is 4.92. The number of aryl methyl sites for hydroxylation is 1. The predicted octanol–water partition coefficient (Wildman–Crippen LogP) is 1.51. The first kappa shape index (κ1) is 12.5. The highest BCUT2D eigenvalue weighted by Gasteiger charge is 2.14. The molecule has 0 heterocycles. The number of aromatic carboxylic acids is 1. The summed E-state index contributed by atoms with van der Waals surface area (Å²) in [6, 6.07) is 5.32. The fourth-order valence-electron chi connectivity index (χ4n) is 1.67. The number of likely N-dealkylation sites (N-methyl/N-ethyl adjacent to an activating group) is 1. The van der Waals surface area contributed by atoms with Gasteiger partial charge in [0.2, 0.25) is 0 Å². The molecule has 0 saturated heterocycles. The van der Waals surface area contributed by atoms with E-state index in [1.165, 1.54) is 0 Å². The smallest absolute Gasteiger partial charge is 0.337 e. The Morgan fingerprint density at radius 2 is 2.12 bits per heavy atom. The number of hydrogen-bond donors (Lipinski definition) is 2. The van der Waals surface area contributed by atoms with Crippen LogP contribution in [0.25, 0.3) is 0 Å². The molecular formula is C12H17NO3. The van der Waals surface area contributed by atoms with Crippen LogP contribution in [0.5, 0.6) is 0 Å². The van der Waals surface area contributed by atoms with E-state index in [0.29, 0.717) is 18.8 Å². The van der Waals surface area contributed by atoms with Crippen LogP contribution in [-0.4, -0.2) is 35.9 Å². The number of anilines is 1. The van der Waals surface area contributed by atoms with Crippen LogP contribution in [0.3, 0.4) is 0 Å². The molecule has 0 aromatic heterocycles. The number of carboxylic acid groups (broad SMARTS) is 1. The highest BCUT2D eigenvalue weighted by atomic mass is 16.4. The fourth-order valence-corrected chi connectivity index (χ4v) is 1.67. The van der Waals surface area contributed by atoms with E-state index >= 15 is 0 Å². The standard InChI is InChI=1S/C12H17NO3/c1-3-13(6-7-14)11-5-4-9(2)8-10(11)12(15)16/h4-5,8,14H,3,6-7H2,1-2H3,(H,15,16). The molecule has 1 aromatic carbocycles. The number of rotatable bonds is 5. The van der Waals surface area contributed by atoms with E-state index in [2.05, 4.69) is 0 Å². The Bertz CT molecular complexity index is 377. The van der Waals surface area contributed by atoms with Crippen molar-refractivity contribution in [1.29, 1.82) is 0 Å². The van der Waals surface area contributed by atoms with Gasteiger partial charge in [0.1, 0.15) is 0 Å². The average Bonchev–Trinajstić information content (AvgIpc) is 2.26. The Labute approximate surface area is 95.1 Å². The first-order chi connectivity index (χ1) is 7.60. The molecule has 0 aliphatic rings. The van der Waals surface area contributed by atoms with Crippen LogP contribution in [0.4, 0.5) is 5.69 Å². The molecule has 0 amide bonds. The van der Waals surface area contributed by atoms with Crippen molar-refractivity contribution in [3.63, 3.8) is 0 Å². The van der Waals surface area contributed by atoms with Crippen LogP contribution in [0, 0.1) is 6.92 Å². The predicted molar refractivity (Wildman–Crippen MR) is 63.1 cm³/mol. The third-order valence-electron chi connectivity index (χ3n) is 2.47. The van der Waals surface area contributed by atoms with Crippen molar-refractivity contribution in [2.75, 3.05) is 24.6 Å². The maximum atomic E-state index is 11.1. The summed E-state index contributed by atoms with van der Waals surface area (Å²) in [7, 11) is 0. The fraction of sp³-hybridized carbons (Fsp3) is 0.417. The lowest BCUT2D eigenvalue weighted by atomic mass is 10.1. The van der Waals surface area contributed by atoms with Gasteiger partial charge in [0.15, 0.2) is 0 Å². The van der Waals surface area contributed by atoms with Gasteiger partial charge in [-0.05, 0) is 26.0 Å². The summed E-state index contributed by atoms with van der Waals surface area (Å²) in [5, 5.41) is 18.0. The second-order valence-electron chi connectivity index (χ2n) is 3.63. The summed E-state index contributed by atoms with van der Waals surface area (Å²) in [4.78, 5) is 13.0. The first-order valence-electron chi connectivity index (χ1n) is 5.30. The van der Waals surface area contributed by atoms with Crippen LogP contribution in [-0.2, 0) is 0 Å². The van der Waals surface area contributed by atoms with Gasteiger partial charge in [0.25, 0.3) is 0 Å². The maximum absolute atomic E-state index is 11.1. The normalized spacial score (nSPS) is 10.2. The molecule has 1 rings (SSSR count). The quantitative estimate of drug-likeness (QED) is 0.794. The highest BCUT2D eigenvalue weighted by Crippen LogP contribution is 2.21. The largest absolute Gasteiger partial charge is 0.478 e. The van der Waals surface area contributed by atoms with Gasteiger partial charge in [-0.2, -0.15) is 0 Å². The Kier molecular flexibility index (Phi) is 4.31. The minimum atomic E-state index is -0.935. The van der Waals surface area contributed by atoms with Crippen LogP contribution in [0.2, 0.25) is 0 Å². The Hall–Kier alpha value is -1.55. The van der Waals surface area contributed by atoms with E-state index < -0.39 is 5.97 Å². The Morgan fingerprint density at radius 3 is 2.62 bits per heavy atom. The number of hydrogen-bond acceptors (Lipinski definition) is 3. The van der Waals surface area contributed by atoms with Crippen LogP contribution in [0.15, 0.2) is 18.2 Å². The van der Waals surface area contributed by atoms with E-state index in [1.54, 1.807) is 12.1 Å². The Balaban J connectivity index is 3.14. The summed E-state index contributed by atoms with van der Waals surface area (Å²) >= 11 is 0. The third kappa shape index (κ3) is 2.73. The zero-order chi connectivity index (χ0) is 12.1. The van der Waals surface area contributed by atoms with Crippen molar-refractivity contribution < 1.29 is 15.0 Å². The van der Waals surface area contributed by atoms with Gasteiger partial charge in [-0.3, -0.25) is 0 Å². The van der Waals surface area contributed by atoms with E-state index in [1.807, 2.05) is 24.8 Å². The van der Waals surface area contributed by atoms with Gasteiger partial charge in [-0.15, -0.1) is 0 Å². The summed E-state index contributed by atoms with van der Waals surface area (Å²) in [5.41, 5.74) is 1.87. The third-order valence-corrected chi connectivity index (χ3v) is 2.47. The molecule has 2 N–H and O–H groups in total. The molecular weight excluding hydrogens is 206 g/mol. The van der Waals surface area contributed by atoms with Gasteiger partial charge >= 0.3 is 5.97 Å². The summed E-state index contributed by atoms with van der Waals surface area (Å²) < 4.78 is 0. The van der Waals surface area contributed by atoms with Crippen molar-refractivity contribution >= 4 is 11.7 Å². The van der Waals surface area contributed by atoms with E-state index in [4.69, 9.17) is 10.2 Å². The SMILES string of the molecule is CCN(CCO)c1ccc(C)cc1C(=O)O.